The number of hydrogen-bond acceptors (Lipinski definition) is 5. The first-order valence-electron chi connectivity index (χ1n) is 9.09. The number of rotatable bonds is 7. The van der Waals surface area contributed by atoms with Gasteiger partial charge < -0.3 is 19.5 Å². The average molecular weight is 375 g/mol. The first-order chi connectivity index (χ1) is 13.1. The lowest BCUT2D eigenvalue weighted by atomic mass is 10.1. The minimum absolute atomic E-state index is 0.00763. The molecule has 1 amide bonds. The average Bonchev–Trinajstić information content (AvgIpc) is 3.09. The molecule has 2 aromatic rings. The molecule has 1 aliphatic heterocycles. The van der Waals surface area contributed by atoms with Crippen molar-refractivity contribution >= 4 is 5.91 Å². The molecule has 27 heavy (non-hydrogen) atoms. The van der Waals surface area contributed by atoms with Gasteiger partial charge in [0.15, 0.2) is 11.6 Å². The number of aromatic nitrogens is 2. The zero-order valence-electron chi connectivity index (χ0n) is 15.8. The number of hydrogen-bond donors (Lipinski definition) is 1. The van der Waals surface area contributed by atoms with Crippen LogP contribution in [0.25, 0.3) is 0 Å². The van der Waals surface area contributed by atoms with Gasteiger partial charge in [-0.2, -0.15) is 0 Å². The lowest BCUT2D eigenvalue weighted by molar-refractivity contribution is -0.132. The van der Waals surface area contributed by atoms with Gasteiger partial charge in [-0.05, 0) is 12.1 Å². The highest BCUT2D eigenvalue weighted by atomic mass is 19.1. The summed E-state index contributed by atoms with van der Waals surface area (Å²) in [6.45, 7) is 3.34. The highest BCUT2D eigenvalue weighted by Gasteiger charge is 2.28. The lowest BCUT2D eigenvalue weighted by Gasteiger charge is -2.36. The van der Waals surface area contributed by atoms with Crippen LogP contribution in [0.2, 0.25) is 0 Å². The van der Waals surface area contributed by atoms with Crippen molar-refractivity contribution in [3.63, 3.8) is 0 Å². The maximum absolute atomic E-state index is 13.6. The number of ether oxygens (including phenoxy) is 1. The molecule has 1 N–H and O–H groups in total. The van der Waals surface area contributed by atoms with E-state index in [9.17, 15) is 9.18 Å². The molecular weight excluding hydrogens is 349 g/mol. The standard InChI is InChI=1S/C19H26FN5O2/c1-23(11-12-27-17-6-4-3-5-15(17)20)18(26)14-25-10-7-21-13-16(25)19-22-8-9-24(19)2/h3-6,8-9,16,21H,7,10-14H2,1-2H3. The van der Waals surface area contributed by atoms with E-state index < -0.39 is 5.82 Å². The molecule has 3 rings (SSSR count). The van der Waals surface area contributed by atoms with Crippen molar-refractivity contribution in [1.29, 1.82) is 0 Å². The Kier molecular flexibility index (Phi) is 6.41. The monoisotopic (exact) mass is 375 g/mol. The van der Waals surface area contributed by atoms with Crippen molar-refractivity contribution in [2.45, 2.75) is 6.04 Å². The molecule has 7 nitrogen and oxygen atoms in total. The molecule has 1 aliphatic rings. The number of amides is 1. The fraction of sp³-hybridized carbons (Fsp3) is 0.474. The van der Waals surface area contributed by atoms with E-state index in [4.69, 9.17) is 4.74 Å². The van der Waals surface area contributed by atoms with E-state index in [1.54, 1.807) is 36.3 Å². The van der Waals surface area contributed by atoms with Gasteiger partial charge in [0, 0.05) is 46.1 Å². The Morgan fingerprint density at radius 3 is 3.00 bits per heavy atom. The number of halogens is 1. The second-order valence-corrected chi connectivity index (χ2v) is 6.68. The van der Waals surface area contributed by atoms with Crippen molar-refractivity contribution in [3.8, 4) is 5.75 Å². The third-order valence-electron chi connectivity index (χ3n) is 4.80. The predicted octanol–water partition coefficient (Wildman–Crippen LogP) is 1.04. The number of nitrogens with one attached hydrogen (secondary N) is 1. The Morgan fingerprint density at radius 1 is 1.44 bits per heavy atom. The molecule has 1 saturated heterocycles. The molecule has 0 bridgehead atoms. The number of carbonyl (C=O) groups is 1. The fourth-order valence-electron chi connectivity index (χ4n) is 3.16. The van der Waals surface area contributed by atoms with E-state index in [-0.39, 0.29) is 24.3 Å². The minimum Gasteiger partial charge on any atom is -0.489 e. The Hall–Kier alpha value is -2.45. The van der Waals surface area contributed by atoms with Crippen LogP contribution in [0.15, 0.2) is 36.7 Å². The van der Waals surface area contributed by atoms with E-state index >= 15 is 0 Å². The third-order valence-corrected chi connectivity index (χ3v) is 4.80. The summed E-state index contributed by atoms with van der Waals surface area (Å²) in [4.78, 5) is 20.8. The van der Waals surface area contributed by atoms with Crippen LogP contribution in [0, 0.1) is 5.82 Å². The summed E-state index contributed by atoms with van der Waals surface area (Å²) >= 11 is 0. The summed E-state index contributed by atoms with van der Waals surface area (Å²) in [6.07, 6.45) is 3.69. The Morgan fingerprint density at radius 2 is 2.26 bits per heavy atom. The molecule has 2 heterocycles. The maximum atomic E-state index is 13.6. The van der Waals surface area contributed by atoms with Crippen LogP contribution in [0.1, 0.15) is 11.9 Å². The molecule has 0 spiro atoms. The van der Waals surface area contributed by atoms with Crippen LogP contribution in [0.5, 0.6) is 5.75 Å². The smallest absolute Gasteiger partial charge is 0.236 e. The highest BCUT2D eigenvalue weighted by Crippen LogP contribution is 2.20. The first-order valence-corrected chi connectivity index (χ1v) is 9.09. The van der Waals surface area contributed by atoms with Gasteiger partial charge in [0.1, 0.15) is 12.4 Å². The van der Waals surface area contributed by atoms with Gasteiger partial charge in [0.25, 0.3) is 0 Å². The van der Waals surface area contributed by atoms with Gasteiger partial charge in [-0.25, -0.2) is 9.37 Å². The molecular formula is C19H26FN5O2. The van der Waals surface area contributed by atoms with Crippen molar-refractivity contribution in [3.05, 3.63) is 48.3 Å². The summed E-state index contributed by atoms with van der Waals surface area (Å²) in [7, 11) is 3.70. The number of likely N-dealkylation sites (N-methyl/N-ethyl adjacent to an activating group) is 1. The molecule has 1 fully saturated rings. The molecule has 0 aliphatic carbocycles. The largest absolute Gasteiger partial charge is 0.489 e. The molecule has 8 heteroatoms. The van der Waals surface area contributed by atoms with E-state index in [1.165, 1.54) is 6.07 Å². The van der Waals surface area contributed by atoms with Gasteiger partial charge in [-0.15, -0.1) is 0 Å². The van der Waals surface area contributed by atoms with Crippen LogP contribution in [-0.2, 0) is 11.8 Å². The van der Waals surface area contributed by atoms with E-state index in [1.807, 2.05) is 17.8 Å². The zero-order chi connectivity index (χ0) is 19.2. The molecule has 0 saturated carbocycles. The Bertz CT molecular complexity index is 766. The Labute approximate surface area is 158 Å². The number of aryl methyl sites for hydroxylation is 1. The fourth-order valence-corrected chi connectivity index (χ4v) is 3.16. The SMILES string of the molecule is CN(CCOc1ccccc1F)C(=O)CN1CCNCC1c1nccn1C. The molecule has 146 valence electrons. The molecule has 0 radical (unpaired) electrons. The topological polar surface area (TPSA) is 62.6 Å². The van der Waals surface area contributed by atoms with E-state index in [0.29, 0.717) is 13.1 Å². The number of imidazole rings is 1. The van der Waals surface area contributed by atoms with Gasteiger partial charge in [-0.3, -0.25) is 9.69 Å². The molecule has 1 unspecified atom stereocenters. The quantitative estimate of drug-likeness (QED) is 0.784. The van der Waals surface area contributed by atoms with Crippen molar-refractivity contribution < 1.29 is 13.9 Å². The number of benzene rings is 1. The minimum atomic E-state index is -0.398. The van der Waals surface area contributed by atoms with Crippen LogP contribution >= 0.6 is 0 Å². The third kappa shape index (κ3) is 4.84. The molecule has 1 atom stereocenters. The van der Waals surface area contributed by atoms with Crippen molar-refractivity contribution in [2.24, 2.45) is 7.05 Å². The number of nitrogens with zero attached hydrogens (tertiary/aromatic N) is 4. The van der Waals surface area contributed by atoms with E-state index in [2.05, 4.69) is 15.2 Å². The number of para-hydroxylation sites is 1. The maximum Gasteiger partial charge on any atom is 0.236 e. The van der Waals surface area contributed by atoms with E-state index in [0.717, 1.165) is 25.5 Å². The normalized spacial score (nSPS) is 17.7. The Balaban J connectivity index is 1.52. The van der Waals surface area contributed by atoms with Crippen LogP contribution in [0.4, 0.5) is 4.39 Å². The van der Waals surface area contributed by atoms with Crippen molar-refractivity contribution in [1.82, 2.24) is 24.7 Å². The number of carbonyl (C=O) groups excluding carboxylic acids is 1. The summed E-state index contributed by atoms with van der Waals surface area (Å²) in [5.74, 6) is 0.759. The molecule has 1 aromatic heterocycles. The van der Waals surface area contributed by atoms with Crippen LogP contribution in [0.3, 0.4) is 0 Å². The summed E-state index contributed by atoms with van der Waals surface area (Å²) in [6, 6.07) is 6.33. The van der Waals surface area contributed by atoms with Crippen LogP contribution < -0.4 is 10.1 Å². The van der Waals surface area contributed by atoms with Gasteiger partial charge in [-0.1, -0.05) is 12.1 Å². The highest BCUT2D eigenvalue weighted by molar-refractivity contribution is 5.78. The second-order valence-electron chi connectivity index (χ2n) is 6.68. The van der Waals surface area contributed by atoms with Crippen LogP contribution in [-0.4, -0.2) is 71.6 Å². The van der Waals surface area contributed by atoms with Gasteiger partial charge in [0.05, 0.1) is 19.1 Å². The zero-order valence-corrected chi connectivity index (χ0v) is 15.8. The number of piperazine rings is 1. The summed E-state index contributed by atoms with van der Waals surface area (Å²) in [5.41, 5.74) is 0. The van der Waals surface area contributed by atoms with Crippen molar-refractivity contribution in [2.75, 3.05) is 46.4 Å². The van der Waals surface area contributed by atoms with Gasteiger partial charge >= 0.3 is 0 Å². The molecule has 1 aromatic carbocycles. The lowest BCUT2D eigenvalue weighted by Crippen LogP contribution is -2.50. The second kappa shape index (κ2) is 8.96. The van der Waals surface area contributed by atoms with Gasteiger partial charge in [0.2, 0.25) is 5.91 Å². The summed E-state index contributed by atoms with van der Waals surface area (Å²) < 4.78 is 21.0. The summed E-state index contributed by atoms with van der Waals surface area (Å²) in [5, 5.41) is 3.37. The first kappa shape index (κ1) is 19.3. The predicted molar refractivity (Wildman–Crippen MR) is 99.9 cm³/mol.